The Labute approximate surface area is 135 Å². The molecule has 0 aliphatic carbocycles. The first-order valence-corrected chi connectivity index (χ1v) is 7.99. The molecule has 0 spiro atoms. The molecule has 3 rings (SSSR count). The van der Waals surface area contributed by atoms with E-state index in [1.54, 1.807) is 7.11 Å². The lowest BCUT2D eigenvalue weighted by atomic mass is 10.2. The maximum atomic E-state index is 6.09. The number of benzene rings is 1. The molecule has 0 aliphatic rings. The monoisotopic (exact) mass is 313 g/mol. The van der Waals surface area contributed by atoms with Gasteiger partial charge in [-0.15, -0.1) is 0 Å². The summed E-state index contributed by atoms with van der Waals surface area (Å²) in [6, 6.07) is 7.89. The highest BCUT2D eigenvalue weighted by Crippen LogP contribution is 2.26. The van der Waals surface area contributed by atoms with Gasteiger partial charge >= 0.3 is 0 Å². The first-order chi connectivity index (χ1) is 11.2. The van der Waals surface area contributed by atoms with Crippen LogP contribution in [-0.4, -0.2) is 46.4 Å². The van der Waals surface area contributed by atoms with Gasteiger partial charge in [-0.25, -0.2) is 9.67 Å². The fourth-order valence-electron chi connectivity index (χ4n) is 2.82. The Morgan fingerprint density at radius 3 is 2.70 bits per heavy atom. The van der Waals surface area contributed by atoms with Crippen molar-refractivity contribution in [1.82, 2.24) is 19.7 Å². The van der Waals surface area contributed by atoms with E-state index in [-0.39, 0.29) is 0 Å². The van der Waals surface area contributed by atoms with Crippen LogP contribution in [0.5, 0.6) is 5.75 Å². The molecule has 6 nitrogen and oxygen atoms in total. The number of anilines is 1. The maximum absolute atomic E-state index is 6.09. The predicted octanol–water partition coefficient (Wildman–Crippen LogP) is 2.52. The molecule has 0 unspecified atom stereocenters. The summed E-state index contributed by atoms with van der Waals surface area (Å²) in [5.74, 6) is 1.34. The second-order valence-electron chi connectivity index (χ2n) is 5.55. The summed E-state index contributed by atoms with van der Waals surface area (Å²) < 4.78 is 7.18. The number of hydrogen-bond acceptors (Lipinski definition) is 5. The van der Waals surface area contributed by atoms with E-state index in [0.717, 1.165) is 53.9 Å². The van der Waals surface area contributed by atoms with Crippen LogP contribution in [0.1, 0.15) is 13.8 Å². The summed E-state index contributed by atoms with van der Waals surface area (Å²) in [5, 5.41) is 6.37. The molecule has 2 heterocycles. The standard InChI is InChI=1S/C17H23N5O/c1-4-21(5-2)8-9-22-17-14(16(18)20-22)11-12-10-13(23-3)6-7-15(12)19-17/h6-7,10-11H,4-5,8-9H2,1-3H3,(H2,18,20). The molecular weight excluding hydrogens is 290 g/mol. The number of ether oxygens (including phenoxy) is 1. The molecule has 0 atom stereocenters. The van der Waals surface area contributed by atoms with Crippen LogP contribution in [0.3, 0.4) is 0 Å². The van der Waals surface area contributed by atoms with E-state index in [4.69, 9.17) is 15.5 Å². The Morgan fingerprint density at radius 1 is 1.22 bits per heavy atom. The van der Waals surface area contributed by atoms with Gasteiger partial charge in [0.15, 0.2) is 11.5 Å². The highest BCUT2D eigenvalue weighted by molar-refractivity contribution is 5.96. The van der Waals surface area contributed by atoms with Crippen LogP contribution >= 0.6 is 0 Å². The molecular formula is C17H23N5O. The smallest absolute Gasteiger partial charge is 0.160 e. The Morgan fingerprint density at radius 2 is 2.00 bits per heavy atom. The summed E-state index contributed by atoms with van der Waals surface area (Å²) in [6.45, 7) is 8.11. The number of rotatable bonds is 6. The van der Waals surface area contributed by atoms with Crippen molar-refractivity contribution in [3.8, 4) is 5.75 Å². The number of likely N-dealkylation sites (N-methyl/N-ethyl adjacent to an activating group) is 1. The quantitative estimate of drug-likeness (QED) is 0.757. The van der Waals surface area contributed by atoms with E-state index < -0.39 is 0 Å². The van der Waals surface area contributed by atoms with E-state index >= 15 is 0 Å². The van der Waals surface area contributed by atoms with Crippen LogP contribution < -0.4 is 10.5 Å². The van der Waals surface area contributed by atoms with Crippen LogP contribution in [-0.2, 0) is 6.54 Å². The molecule has 2 N–H and O–H groups in total. The molecule has 0 saturated carbocycles. The normalized spacial score (nSPS) is 11.7. The number of aromatic nitrogens is 3. The minimum absolute atomic E-state index is 0.525. The molecule has 6 heteroatoms. The number of nitrogens with two attached hydrogens (primary N) is 1. The first kappa shape index (κ1) is 15.6. The van der Waals surface area contributed by atoms with Crippen molar-refractivity contribution in [1.29, 1.82) is 0 Å². The summed E-state index contributed by atoms with van der Waals surface area (Å²) in [5.41, 5.74) is 7.85. The fraction of sp³-hybridized carbons (Fsp3) is 0.412. The molecule has 0 amide bonds. The molecule has 1 aromatic carbocycles. The summed E-state index contributed by atoms with van der Waals surface area (Å²) in [7, 11) is 1.66. The van der Waals surface area contributed by atoms with Crippen molar-refractivity contribution < 1.29 is 4.74 Å². The Hall–Kier alpha value is -2.34. The fourth-order valence-corrected chi connectivity index (χ4v) is 2.82. The minimum atomic E-state index is 0.525. The number of nitrogens with zero attached hydrogens (tertiary/aromatic N) is 4. The van der Waals surface area contributed by atoms with Gasteiger partial charge in [0.1, 0.15) is 5.75 Å². The highest BCUT2D eigenvalue weighted by Gasteiger charge is 2.12. The third-order valence-corrected chi connectivity index (χ3v) is 4.27. The summed E-state index contributed by atoms with van der Waals surface area (Å²) >= 11 is 0. The van der Waals surface area contributed by atoms with Gasteiger partial charge in [0, 0.05) is 11.9 Å². The SMILES string of the molecule is CCN(CC)CCn1nc(N)c2cc3cc(OC)ccc3nc21. The third kappa shape index (κ3) is 2.94. The lowest BCUT2D eigenvalue weighted by molar-refractivity contribution is 0.287. The summed E-state index contributed by atoms with van der Waals surface area (Å²) in [4.78, 5) is 7.11. The van der Waals surface area contributed by atoms with E-state index in [1.807, 2.05) is 28.9 Å². The highest BCUT2D eigenvalue weighted by atomic mass is 16.5. The number of fused-ring (bicyclic) bond motifs is 2. The number of nitrogen functional groups attached to an aromatic ring is 1. The lowest BCUT2D eigenvalue weighted by Gasteiger charge is -2.17. The van der Waals surface area contributed by atoms with Crippen molar-refractivity contribution >= 4 is 27.8 Å². The number of methoxy groups -OCH3 is 1. The lowest BCUT2D eigenvalue weighted by Crippen LogP contribution is -2.27. The molecule has 0 saturated heterocycles. The van der Waals surface area contributed by atoms with Gasteiger partial charge in [-0.05, 0) is 37.4 Å². The molecule has 0 aliphatic heterocycles. The topological polar surface area (TPSA) is 69.2 Å². The largest absolute Gasteiger partial charge is 0.497 e. The molecule has 0 fully saturated rings. The molecule has 122 valence electrons. The number of pyridine rings is 1. The van der Waals surface area contributed by atoms with Crippen LogP contribution in [0.2, 0.25) is 0 Å². The average Bonchev–Trinajstić information content (AvgIpc) is 2.89. The van der Waals surface area contributed by atoms with Gasteiger partial charge in [0.05, 0.1) is 24.6 Å². The molecule has 23 heavy (non-hydrogen) atoms. The van der Waals surface area contributed by atoms with Crippen molar-refractivity contribution in [3.63, 3.8) is 0 Å². The van der Waals surface area contributed by atoms with Crippen LogP contribution in [0, 0.1) is 0 Å². The van der Waals surface area contributed by atoms with Gasteiger partial charge in [0.25, 0.3) is 0 Å². The van der Waals surface area contributed by atoms with Gasteiger partial charge < -0.3 is 15.4 Å². The molecule has 3 aromatic rings. The Balaban J connectivity index is 2.02. The Bertz CT molecular complexity index is 823. The molecule has 2 aromatic heterocycles. The van der Waals surface area contributed by atoms with Gasteiger partial charge in [-0.3, -0.25) is 0 Å². The van der Waals surface area contributed by atoms with E-state index in [0.29, 0.717) is 5.82 Å². The van der Waals surface area contributed by atoms with Gasteiger partial charge in [-0.1, -0.05) is 13.8 Å². The van der Waals surface area contributed by atoms with Crippen LogP contribution in [0.4, 0.5) is 5.82 Å². The van der Waals surface area contributed by atoms with E-state index in [1.165, 1.54) is 0 Å². The maximum Gasteiger partial charge on any atom is 0.160 e. The molecule has 0 radical (unpaired) electrons. The Kier molecular flexibility index (Phi) is 4.34. The van der Waals surface area contributed by atoms with Crippen molar-refractivity contribution in [3.05, 3.63) is 24.3 Å². The van der Waals surface area contributed by atoms with Crippen molar-refractivity contribution in [2.45, 2.75) is 20.4 Å². The first-order valence-electron chi connectivity index (χ1n) is 7.99. The zero-order valence-electron chi connectivity index (χ0n) is 13.9. The zero-order valence-corrected chi connectivity index (χ0v) is 13.9. The minimum Gasteiger partial charge on any atom is -0.497 e. The average molecular weight is 313 g/mol. The zero-order chi connectivity index (χ0) is 16.4. The third-order valence-electron chi connectivity index (χ3n) is 4.27. The number of hydrogen-bond donors (Lipinski definition) is 1. The van der Waals surface area contributed by atoms with E-state index in [9.17, 15) is 0 Å². The second-order valence-corrected chi connectivity index (χ2v) is 5.55. The van der Waals surface area contributed by atoms with Gasteiger partial charge in [-0.2, -0.15) is 5.10 Å². The predicted molar refractivity (Wildman–Crippen MR) is 93.8 cm³/mol. The second kappa shape index (κ2) is 6.42. The van der Waals surface area contributed by atoms with Crippen molar-refractivity contribution in [2.75, 3.05) is 32.5 Å². The van der Waals surface area contributed by atoms with Crippen LogP contribution in [0.15, 0.2) is 24.3 Å². The van der Waals surface area contributed by atoms with Gasteiger partial charge in [0.2, 0.25) is 0 Å². The van der Waals surface area contributed by atoms with Crippen LogP contribution in [0.25, 0.3) is 21.9 Å². The van der Waals surface area contributed by atoms with E-state index in [2.05, 4.69) is 23.8 Å². The molecule has 0 bridgehead atoms. The summed E-state index contributed by atoms with van der Waals surface area (Å²) in [6.07, 6.45) is 0. The van der Waals surface area contributed by atoms with Crippen molar-refractivity contribution in [2.24, 2.45) is 0 Å².